The summed E-state index contributed by atoms with van der Waals surface area (Å²) in [5, 5.41) is 6.36. The molecule has 1 aliphatic heterocycles. The SMILES string of the molecule is CCOC(=O)N(C(=O)N1CC(C)(CCCSC)C(c2ccc(Cl)cc2)=N1)c1ccc(OC(F)(F)F)cc1. The van der Waals surface area contributed by atoms with E-state index in [0.29, 0.717) is 10.7 Å². The Morgan fingerprint density at radius 2 is 1.81 bits per heavy atom. The molecule has 0 bridgehead atoms. The molecular weight excluding hydrogens is 531 g/mol. The van der Waals surface area contributed by atoms with Gasteiger partial charge in [-0.05, 0) is 73.7 Å². The van der Waals surface area contributed by atoms with Gasteiger partial charge in [0.1, 0.15) is 5.75 Å². The number of halogens is 4. The van der Waals surface area contributed by atoms with Crippen LogP contribution in [-0.4, -0.2) is 54.4 Å². The molecule has 0 fully saturated rings. The molecule has 3 amide bonds. The zero-order chi connectivity index (χ0) is 27.2. The fraction of sp³-hybridized carbons (Fsp3) is 0.400. The first kappa shape index (κ1) is 28.6. The lowest BCUT2D eigenvalue weighted by Crippen LogP contribution is -2.45. The van der Waals surface area contributed by atoms with Crippen LogP contribution in [0.4, 0.5) is 28.4 Å². The Labute approximate surface area is 222 Å². The normalized spacial score (nSPS) is 17.4. The van der Waals surface area contributed by atoms with Crippen LogP contribution in [0.15, 0.2) is 53.6 Å². The highest BCUT2D eigenvalue weighted by atomic mass is 35.5. The zero-order valence-electron chi connectivity index (χ0n) is 20.5. The second-order valence-electron chi connectivity index (χ2n) is 8.53. The van der Waals surface area contributed by atoms with E-state index < -0.39 is 29.7 Å². The van der Waals surface area contributed by atoms with Gasteiger partial charge in [0.05, 0.1) is 24.6 Å². The third-order valence-electron chi connectivity index (χ3n) is 5.68. The van der Waals surface area contributed by atoms with Crippen molar-refractivity contribution in [3.05, 3.63) is 59.1 Å². The standard InChI is InChI=1S/C25H27ClF3N3O4S/c1-4-35-23(34)32(19-10-12-20(13-11-19)36-25(27,28)29)22(33)31-16-24(2,14-5-15-37-3)21(30-31)17-6-8-18(26)9-7-17/h6-13H,4-5,14-16H2,1-3H3. The van der Waals surface area contributed by atoms with Crippen LogP contribution in [0.3, 0.4) is 0 Å². The van der Waals surface area contributed by atoms with Crippen LogP contribution in [0.25, 0.3) is 0 Å². The van der Waals surface area contributed by atoms with E-state index in [0.717, 1.165) is 41.2 Å². The van der Waals surface area contributed by atoms with Crippen molar-refractivity contribution in [1.82, 2.24) is 5.01 Å². The van der Waals surface area contributed by atoms with E-state index in [1.807, 2.05) is 25.3 Å². The quantitative estimate of drug-likeness (QED) is 0.321. The molecular formula is C25H27ClF3N3O4S. The highest BCUT2D eigenvalue weighted by Gasteiger charge is 2.43. The number of hydrogen-bond donors (Lipinski definition) is 0. The number of urea groups is 1. The Morgan fingerprint density at radius 3 is 2.38 bits per heavy atom. The van der Waals surface area contributed by atoms with Crippen LogP contribution < -0.4 is 9.64 Å². The summed E-state index contributed by atoms with van der Waals surface area (Å²) in [4.78, 5) is 27.2. The number of imide groups is 1. The number of anilines is 1. The summed E-state index contributed by atoms with van der Waals surface area (Å²) >= 11 is 7.77. The number of alkyl halides is 3. The molecule has 0 radical (unpaired) electrons. The van der Waals surface area contributed by atoms with Crippen molar-refractivity contribution in [2.75, 3.05) is 30.1 Å². The Bertz CT molecular complexity index is 1130. The Kier molecular flexibility index (Phi) is 9.36. The first-order chi connectivity index (χ1) is 17.5. The lowest BCUT2D eigenvalue weighted by Gasteiger charge is -2.28. The van der Waals surface area contributed by atoms with Crippen molar-refractivity contribution in [2.45, 2.75) is 33.1 Å². The molecule has 0 saturated heterocycles. The lowest BCUT2D eigenvalue weighted by atomic mass is 9.78. The van der Waals surface area contributed by atoms with Crippen molar-refractivity contribution in [1.29, 1.82) is 0 Å². The number of thioether (sulfide) groups is 1. The number of ether oxygens (including phenoxy) is 2. The monoisotopic (exact) mass is 557 g/mol. The highest BCUT2D eigenvalue weighted by molar-refractivity contribution is 7.98. The average Bonchev–Trinajstić information content (AvgIpc) is 3.18. The molecule has 2 aromatic carbocycles. The van der Waals surface area contributed by atoms with Crippen molar-refractivity contribution in [3.8, 4) is 5.75 Å². The molecule has 0 saturated carbocycles. The largest absolute Gasteiger partial charge is 0.573 e. The zero-order valence-corrected chi connectivity index (χ0v) is 22.1. The van der Waals surface area contributed by atoms with Crippen LogP contribution in [0.5, 0.6) is 5.75 Å². The predicted molar refractivity (Wildman–Crippen MR) is 138 cm³/mol. The molecule has 12 heteroatoms. The van der Waals surface area contributed by atoms with Gasteiger partial charge < -0.3 is 9.47 Å². The van der Waals surface area contributed by atoms with Crippen molar-refractivity contribution in [3.63, 3.8) is 0 Å². The van der Waals surface area contributed by atoms with Gasteiger partial charge in [-0.25, -0.2) is 14.6 Å². The molecule has 0 spiro atoms. The van der Waals surface area contributed by atoms with Gasteiger partial charge in [0, 0.05) is 10.4 Å². The molecule has 1 heterocycles. The maximum Gasteiger partial charge on any atom is 0.573 e. The number of carbonyl (C=O) groups is 2. The van der Waals surface area contributed by atoms with Gasteiger partial charge in [-0.15, -0.1) is 13.2 Å². The van der Waals surface area contributed by atoms with Gasteiger partial charge in [-0.3, -0.25) is 0 Å². The topological polar surface area (TPSA) is 71.4 Å². The minimum atomic E-state index is -4.87. The molecule has 0 aromatic heterocycles. The maximum absolute atomic E-state index is 13.6. The lowest BCUT2D eigenvalue weighted by molar-refractivity contribution is -0.274. The van der Waals surface area contributed by atoms with Gasteiger partial charge in [0.2, 0.25) is 0 Å². The van der Waals surface area contributed by atoms with Crippen LogP contribution >= 0.6 is 23.4 Å². The Morgan fingerprint density at radius 1 is 1.16 bits per heavy atom. The van der Waals surface area contributed by atoms with Gasteiger partial charge in [0.15, 0.2) is 0 Å². The molecule has 37 heavy (non-hydrogen) atoms. The Balaban J connectivity index is 1.95. The third kappa shape index (κ3) is 7.32. The molecule has 1 unspecified atom stereocenters. The summed E-state index contributed by atoms with van der Waals surface area (Å²) in [7, 11) is 0. The van der Waals surface area contributed by atoms with Gasteiger partial charge in [0.25, 0.3) is 0 Å². The number of carbonyl (C=O) groups excluding carboxylic acids is 2. The summed E-state index contributed by atoms with van der Waals surface area (Å²) in [6, 6.07) is 10.7. The minimum Gasteiger partial charge on any atom is -0.449 e. The molecule has 1 aliphatic rings. The van der Waals surface area contributed by atoms with Crippen LogP contribution in [0.1, 0.15) is 32.3 Å². The minimum absolute atomic E-state index is 0.0103. The van der Waals surface area contributed by atoms with E-state index >= 15 is 0 Å². The van der Waals surface area contributed by atoms with Crippen molar-refractivity contribution >= 4 is 46.9 Å². The van der Waals surface area contributed by atoms with E-state index in [2.05, 4.69) is 9.84 Å². The van der Waals surface area contributed by atoms with E-state index in [-0.39, 0.29) is 18.8 Å². The van der Waals surface area contributed by atoms with Crippen LogP contribution in [-0.2, 0) is 4.74 Å². The van der Waals surface area contributed by atoms with E-state index in [1.54, 1.807) is 30.8 Å². The summed E-state index contributed by atoms with van der Waals surface area (Å²) in [5.74, 6) is 0.441. The number of rotatable bonds is 8. The highest BCUT2D eigenvalue weighted by Crippen LogP contribution is 2.37. The third-order valence-corrected chi connectivity index (χ3v) is 6.63. The van der Waals surface area contributed by atoms with E-state index in [9.17, 15) is 22.8 Å². The summed E-state index contributed by atoms with van der Waals surface area (Å²) in [6.07, 6.45) is -2.21. The number of hydrogen-bond acceptors (Lipinski definition) is 6. The molecule has 0 aliphatic carbocycles. The van der Waals surface area contributed by atoms with E-state index in [4.69, 9.17) is 16.3 Å². The van der Waals surface area contributed by atoms with E-state index in [1.165, 1.54) is 17.1 Å². The van der Waals surface area contributed by atoms with Crippen molar-refractivity contribution in [2.24, 2.45) is 10.5 Å². The maximum atomic E-state index is 13.6. The number of hydrazone groups is 1. The first-order valence-corrected chi connectivity index (χ1v) is 13.2. The fourth-order valence-electron chi connectivity index (χ4n) is 4.00. The smallest absolute Gasteiger partial charge is 0.449 e. The second-order valence-corrected chi connectivity index (χ2v) is 9.95. The molecule has 1 atom stereocenters. The molecule has 3 rings (SSSR count). The summed E-state index contributed by atoms with van der Waals surface area (Å²) in [5.41, 5.74) is 0.973. The van der Waals surface area contributed by atoms with Gasteiger partial charge in [-0.2, -0.15) is 21.8 Å². The second kappa shape index (κ2) is 12.1. The number of benzene rings is 2. The summed E-state index contributed by atoms with van der Waals surface area (Å²) in [6.45, 7) is 3.77. The molecule has 200 valence electrons. The molecule has 0 N–H and O–H groups in total. The summed E-state index contributed by atoms with van der Waals surface area (Å²) < 4.78 is 46.6. The molecule has 7 nitrogen and oxygen atoms in total. The van der Waals surface area contributed by atoms with Crippen LogP contribution in [0.2, 0.25) is 5.02 Å². The Hall–Kier alpha value is -2.92. The number of nitrogens with zero attached hydrogens (tertiary/aromatic N) is 3. The van der Waals surface area contributed by atoms with Crippen molar-refractivity contribution < 1.29 is 32.2 Å². The average molecular weight is 558 g/mol. The fourth-order valence-corrected chi connectivity index (χ4v) is 4.56. The molecule has 2 aromatic rings. The first-order valence-electron chi connectivity index (χ1n) is 11.5. The van der Waals surface area contributed by atoms with Gasteiger partial charge >= 0.3 is 18.5 Å². The van der Waals surface area contributed by atoms with Gasteiger partial charge in [-0.1, -0.05) is 30.7 Å². The number of amides is 3. The van der Waals surface area contributed by atoms with Crippen LogP contribution in [0, 0.1) is 5.41 Å². The predicted octanol–water partition coefficient (Wildman–Crippen LogP) is 7.19.